The Hall–Kier alpha value is -2.65. The van der Waals surface area contributed by atoms with Gasteiger partial charge in [0.05, 0.1) is 11.7 Å². The quantitative estimate of drug-likeness (QED) is 0.455. The molecule has 174 valence electrons. The molecule has 0 bridgehead atoms. The molecule has 0 aliphatic carbocycles. The second-order valence-electron chi connectivity index (χ2n) is 7.83. The van der Waals surface area contributed by atoms with Crippen molar-refractivity contribution in [2.75, 3.05) is 59.3 Å². The number of carboxylic acids is 1. The van der Waals surface area contributed by atoms with Gasteiger partial charge in [0.1, 0.15) is 12.5 Å². The van der Waals surface area contributed by atoms with Crippen LogP contribution in [0, 0.1) is 0 Å². The fraction of sp³-hybridized carbons (Fsp3) is 0.458. The number of aromatic carboxylic acids is 1. The van der Waals surface area contributed by atoms with E-state index in [-0.39, 0.29) is 24.4 Å². The molecule has 3 rings (SSSR count). The molecule has 1 fully saturated rings. The highest BCUT2D eigenvalue weighted by molar-refractivity contribution is 5.87. The number of likely N-dealkylation sites (tertiary alicyclic amines) is 1. The average Bonchev–Trinajstić information content (AvgIpc) is 3.26. The summed E-state index contributed by atoms with van der Waals surface area (Å²) in [6, 6.07) is 14.9. The van der Waals surface area contributed by atoms with Gasteiger partial charge in [0.2, 0.25) is 0 Å². The first kappa shape index (κ1) is 24.0. The van der Waals surface area contributed by atoms with Gasteiger partial charge in [-0.05, 0) is 48.4 Å². The van der Waals surface area contributed by atoms with Gasteiger partial charge in [-0.15, -0.1) is 0 Å². The molecule has 0 radical (unpaired) electrons. The van der Waals surface area contributed by atoms with E-state index in [0.717, 1.165) is 43.1 Å². The predicted molar refractivity (Wildman–Crippen MR) is 121 cm³/mol. The Balaban J connectivity index is 1.68. The van der Waals surface area contributed by atoms with Crippen LogP contribution >= 0.6 is 0 Å². The molecule has 2 aromatic rings. The van der Waals surface area contributed by atoms with Crippen LogP contribution in [-0.2, 0) is 14.2 Å². The molecule has 0 aromatic heterocycles. The largest absolute Gasteiger partial charge is 0.478 e. The lowest BCUT2D eigenvalue weighted by atomic mass is 9.98. The van der Waals surface area contributed by atoms with Crippen LogP contribution in [0.25, 0.3) is 0 Å². The number of carboxylic acid groups (broad SMARTS) is 1. The summed E-state index contributed by atoms with van der Waals surface area (Å²) in [5.41, 5.74) is 2.32. The van der Waals surface area contributed by atoms with Crippen molar-refractivity contribution in [3.8, 4) is 5.75 Å². The van der Waals surface area contributed by atoms with Gasteiger partial charge in [0.25, 0.3) is 0 Å². The van der Waals surface area contributed by atoms with Crippen molar-refractivity contribution in [2.45, 2.75) is 18.4 Å². The summed E-state index contributed by atoms with van der Waals surface area (Å²) >= 11 is 0. The van der Waals surface area contributed by atoms with Crippen LogP contribution in [0.1, 0.15) is 28.3 Å². The van der Waals surface area contributed by atoms with E-state index in [4.69, 9.17) is 24.1 Å². The third-order valence-corrected chi connectivity index (χ3v) is 5.49. The Kier molecular flexibility index (Phi) is 9.30. The van der Waals surface area contributed by atoms with Crippen molar-refractivity contribution in [1.82, 2.24) is 4.90 Å². The van der Waals surface area contributed by atoms with E-state index in [1.165, 1.54) is 0 Å². The average molecular weight is 445 g/mol. The molecule has 0 amide bonds. The molecule has 2 unspecified atom stereocenters. The molecule has 8 nitrogen and oxygen atoms in total. The number of hydrogen-bond acceptors (Lipinski definition) is 7. The van der Waals surface area contributed by atoms with Crippen molar-refractivity contribution in [3.63, 3.8) is 0 Å². The van der Waals surface area contributed by atoms with Gasteiger partial charge in [-0.25, -0.2) is 4.79 Å². The Bertz CT molecular complexity index is 845. The van der Waals surface area contributed by atoms with Gasteiger partial charge >= 0.3 is 5.97 Å². The van der Waals surface area contributed by atoms with Crippen LogP contribution in [0.4, 0.5) is 5.69 Å². The van der Waals surface area contributed by atoms with E-state index in [0.29, 0.717) is 13.3 Å². The standard InChI is InChI=1S/C24H32N2O6/c1-29-16-31-22-5-3-4-19(12-22)20(14-26-11-10-23(15-26)32-17-30-2)13-25-21-8-6-18(7-9-21)24(27)28/h3-9,12,20,23,25H,10-11,13-17H2,1-2H3,(H,27,28). The lowest BCUT2D eigenvalue weighted by molar-refractivity contribution is -0.0671. The molecule has 0 saturated carbocycles. The van der Waals surface area contributed by atoms with Crippen molar-refractivity contribution < 1.29 is 28.8 Å². The molecule has 2 N–H and O–H groups in total. The van der Waals surface area contributed by atoms with Gasteiger partial charge < -0.3 is 29.4 Å². The van der Waals surface area contributed by atoms with Crippen LogP contribution in [0.3, 0.4) is 0 Å². The minimum absolute atomic E-state index is 0.184. The molecule has 32 heavy (non-hydrogen) atoms. The third kappa shape index (κ3) is 7.20. The summed E-state index contributed by atoms with van der Waals surface area (Å²) in [7, 11) is 3.23. The molecule has 1 aliphatic heterocycles. The molecule has 0 spiro atoms. The zero-order valence-electron chi connectivity index (χ0n) is 18.7. The Morgan fingerprint density at radius 3 is 2.66 bits per heavy atom. The lowest BCUT2D eigenvalue weighted by Crippen LogP contribution is -2.31. The van der Waals surface area contributed by atoms with E-state index in [1.54, 1.807) is 38.5 Å². The Morgan fingerprint density at radius 1 is 1.16 bits per heavy atom. The van der Waals surface area contributed by atoms with Gasteiger partial charge in [-0.1, -0.05) is 12.1 Å². The van der Waals surface area contributed by atoms with Gasteiger partial charge in [-0.2, -0.15) is 0 Å². The zero-order valence-corrected chi connectivity index (χ0v) is 18.7. The Morgan fingerprint density at radius 2 is 1.94 bits per heavy atom. The number of nitrogens with one attached hydrogen (secondary N) is 1. The molecule has 8 heteroatoms. The number of benzene rings is 2. The van der Waals surface area contributed by atoms with Gasteiger partial charge in [-0.3, -0.25) is 4.90 Å². The summed E-state index contributed by atoms with van der Waals surface area (Å²) in [6.07, 6.45) is 1.17. The van der Waals surface area contributed by atoms with E-state index >= 15 is 0 Å². The minimum atomic E-state index is -0.929. The highest BCUT2D eigenvalue weighted by Crippen LogP contribution is 2.25. The van der Waals surface area contributed by atoms with Crippen LogP contribution in [0.15, 0.2) is 48.5 Å². The molecular formula is C24H32N2O6. The number of methoxy groups -OCH3 is 2. The maximum atomic E-state index is 11.1. The smallest absolute Gasteiger partial charge is 0.335 e. The molecule has 2 atom stereocenters. The first-order chi connectivity index (χ1) is 15.6. The van der Waals surface area contributed by atoms with Crippen LogP contribution < -0.4 is 10.1 Å². The van der Waals surface area contributed by atoms with E-state index in [9.17, 15) is 4.79 Å². The SMILES string of the molecule is COCOc1cccc(C(CNc2ccc(C(=O)O)cc2)CN2CCC(OCOC)C2)c1. The normalized spacial score (nSPS) is 17.2. The van der Waals surface area contributed by atoms with Crippen molar-refractivity contribution in [1.29, 1.82) is 0 Å². The third-order valence-electron chi connectivity index (χ3n) is 5.49. The molecule has 2 aromatic carbocycles. The summed E-state index contributed by atoms with van der Waals surface area (Å²) < 4.78 is 21.4. The number of nitrogens with zero attached hydrogens (tertiary/aromatic N) is 1. The molecular weight excluding hydrogens is 412 g/mol. The van der Waals surface area contributed by atoms with E-state index < -0.39 is 5.97 Å². The Labute approximate surface area is 189 Å². The first-order valence-corrected chi connectivity index (χ1v) is 10.7. The number of ether oxygens (including phenoxy) is 4. The van der Waals surface area contributed by atoms with Gasteiger partial charge in [0.15, 0.2) is 6.79 Å². The number of carbonyl (C=O) groups is 1. The van der Waals surface area contributed by atoms with Crippen molar-refractivity contribution in [2.24, 2.45) is 0 Å². The molecule has 1 saturated heterocycles. The van der Waals surface area contributed by atoms with Crippen molar-refractivity contribution in [3.05, 3.63) is 59.7 Å². The summed E-state index contributed by atoms with van der Waals surface area (Å²) in [5, 5.41) is 12.6. The predicted octanol–water partition coefficient (Wildman–Crippen LogP) is 3.26. The fourth-order valence-electron chi connectivity index (χ4n) is 3.82. The summed E-state index contributed by atoms with van der Waals surface area (Å²) in [5.74, 6) is 0.0332. The molecule has 1 aliphatic rings. The number of rotatable bonds is 13. The maximum absolute atomic E-state index is 11.1. The monoisotopic (exact) mass is 444 g/mol. The lowest BCUT2D eigenvalue weighted by Gasteiger charge is -2.25. The molecule has 1 heterocycles. The first-order valence-electron chi connectivity index (χ1n) is 10.7. The number of anilines is 1. The van der Waals surface area contributed by atoms with Crippen molar-refractivity contribution >= 4 is 11.7 Å². The van der Waals surface area contributed by atoms with Crippen LogP contribution in [0.2, 0.25) is 0 Å². The second kappa shape index (κ2) is 12.4. The van der Waals surface area contributed by atoms with Crippen LogP contribution in [0.5, 0.6) is 5.75 Å². The summed E-state index contributed by atoms with van der Waals surface area (Å²) in [4.78, 5) is 13.5. The van der Waals surface area contributed by atoms with E-state index in [1.807, 2.05) is 18.2 Å². The fourth-order valence-corrected chi connectivity index (χ4v) is 3.82. The number of hydrogen-bond donors (Lipinski definition) is 2. The minimum Gasteiger partial charge on any atom is -0.478 e. The summed E-state index contributed by atoms with van der Waals surface area (Å²) in [6.45, 7) is 3.91. The highest BCUT2D eigenvalue weighted by atomic mass is 16.7. The second-order valence-corrected chi connectivity index (χ2v) is 7.83. The van der Waals surface area contributed by atoms with Gasteiger partial charge in [0, 0.05) is 52.0 Å². The maximum Gasteiger partial charge on any atom is 0.335 e. The van der Waals surface area contributed by atoms with Crippen LogP contribution in [-0.4, -0.2) is 76.1 Å². The highest BCUT2D eigenvalue weighted by Gasteiger charge is 2.26. The zero-order chi connectivity index (χ0) is 22.8. The van der Waals surface area contributed by atoms with E-state index in [2.05, 4.69) is 16.3 Å². The topological polar surface area (TPSA) is 89.5 Å².